The first kappa shape index (κ1) is 17.7. The molecule has 0 spiro atoms. The lowest BCUT2D eigenvalue weighted by Gasteiger charge is -2.14. The van der Waals surface area contributed by atoms with Crippen molar-refractivity contribution in [1.29, 1.82) is 0 Å². The molecule has 7 heteroatoms. The van der Waals surface area contributed by atoms with Crippen molar-refractivity contribution in [1.82, 2.24) is 4.98 Å². The van der Waals surface area contributed by atoms with Gasteiger partial charge in [0.05, 0.1) is 6.10 Å². The second-order valence-corrected chi connectivity index (χ2v) is 6.28. The van der Waals surface area contributed by atoms with Gasteiger partial charge in [-0.3, -0.25) is 4.79 Å². The largest absolute Gasteiger partial charge is 0.490 e. The van der Waals surface area contributed by atoms with E-state index in [1.807, 2.05) is 24.3 Å². The summed E-state index contributed by atoms with van der Waals surface area (Å²) in [5.74, 6) is 0.569. The summed E-state index contributed by atoms with van der Waals surface area (Å²) in [4.78, 5) is 16.3. The smallest absolute Gasteiger partial charge is 0.275 e. The summed E-state index contributed by atoms with van der Waals surface area (Å²) in [6.07, 6.45) is 4.98. The summed E-state index contributed by atoms with van der Waals surface area (Å²) in [7, 11) is 0. The Morgan fingerprint density at radius 3 is 2.87 bits per heavy atom. The van der Waals surface area contributed by atoms with Gasteiger partial charge in [-0.25, -0.2) is 4.98 Å². The number of ether oxygens (including phenoxy) is 1. The van der Waals surface area contributed by atoms with E-state index in [-0.39, 0.29) is 18.3 Å². The molecule has 1 aliphatic rings. The van der Waals surface area contributed by atoms with Crippen molar-refractivity contribution in [3.05, 3.63) is 40.3 Å². The number of amides is 1. The molecule has 0 bridgehead atoms. The number of halogens is 1. The van der Waals surface area contributed by atoms with E-state index < -0.39 is 0 Å². The van der Waals surface area contributed by atoms with Gasteiger partial charge in [-0.05, 0) is 37.8 Å². The molecule has 3 rings (SSSR count). The number of benzene rings is 1. The van der Waals surface area contributed by atoms with Gasteiger partial charge in [0.15, 0.2) is 0 Å². The van der Waals surface area contributed by atoms with Gasteiger partial charge in [0.2, 0.25) is 0 Å². The highest BCUT2D eigenvalue weighted by atomic mass is 35.5. The third-order valence-corrected chi connectivity index (χ3v) is 4.53. The predicted octanol–water partition coefficient (Wildman–Crippen LogP) is 3.60. The molecule has 0 unspecified atom stereocenters. The fourth-order valence-electron chi connectivity index (χ4n) is 2.55. The summed E-state index contributed by atoms with van der Waals surface area (Å²) in [6, 6.07) is 7.50. The van der Waals surface area contributed by atoms with E-state index in [0.717, 1.165) is 23.6 Å². The number of anilines is 1. The SMILES string of the molecule is Cl.NCc1nc(C(=O)Nc2cccc(OC3CCCC3)c2)cs1. The zero-order valence-electron chi connectivity index (χ0n) is 12.7. The average Bonchev–Trinajstić information content (AvgIpc) is 3.18. The van der Waals surface area contributed by atoms with Gasteiger partial charge in [0.1, 0.15) is 16.5 Å². The molecular formula is C16H20ClN3O2S. The van der Waals surface area contributed by atoms with Crippen molar-refractivity contribution in [3.8, 4) is 5.75 Å². The number of rotatable bonds is 5. The minimum Gasteiger partial charge on any atom is -0.490 e. The van der Waals surface area contributed by atoms with Crippen LogP contribution < -0.4 is 15.8 Å². The number of thiazole rings is 1. The fraction of sp³-hybridized carbons (Fsp3) is 0.375. The Bertz CT molecular complexity index is 656. The van der Waals surface area contributed by atoms with E-state index in [1.165, 1.54) is 24.2 Å². The van der Waals surface area contributed by atoms with Gasteiger partial charge < -0.3 is 15.8 Å². The Hall–Kier alpha value is -1.63. The number of hydrogen-bond acceptors (Lipinski definition) is 5. The lowest BCUT2D eigenvalue weighted by molar-refractivity contribution is 0.102. The second kappa shape index (κ2) is 8.29. The van der Waals surface area contributed by atoms with E-state index in [1.54, 1.807) is 5.38 Å². The van der Waals surface area contributed by atoms with Gasteiger partial charge >= 0.3 is 0 Å². The summed E-state index contributed by atoms with van der Waals surface area (Å²) in [5.41, 5.74) is 6.62. The number of nitrogens with zero attached hydrogens (tertiary/aromatic N) is 1. The van der Waals surface area contributed by atoms with Crippen molar-refractivity contribution in [2.45, 2.75) is 38.3 Å². The van der Waals surface area contributed by atoms with Gasteiger partial charge in [-0.2, -0.15) is 0 Å². The standard InChI is InChI=1S/C16H19N3O2S.ClH/c17-9-15-19-14(10-22-15)16(20)18-11-4-3-7-13(8-11)21-12-5-1-2-6-12;/h3-4,7-8,10,12H,1-2,5-6,9,17H2,(H,18,20);1H. The molecule has 1 saturated carbocycles. The number of carbonyl (C=O) groups excluding carboxylic acids is 1. The third kappa shape index (κ3) is 4.67. The predicted molar refractivity (Wildman–Crippen MR) is 94.5 cm³/mol. The molecular weight excluding hydrogens is 334 g/mol. The van der Waals surface area contributed by atoms with Crippen molar-refractivity contribution in [2.24, 2.45) is 5.73 Å². The van der Waals surface area contributed by atoms with Crippen molar-refractivity contribution in [2.75, 3.05) is 5.32 Å². The number of nitrogens with one attached hydrogen (secondary N) is 1. The molecule has 1 aromatic carbocycles. The Kier molecular flexibility index (Phi) is 6.38. The van der Waals surface area contributed by atoms with Crippen LogP contribution in [0.25, 0.3) is 0 Å². The molecule has 1 aliphatic carbocycles. The minimum absolute atomic E-state index is 0. The first-order valence-electron chi connectivity index (χ1n) is 7.47. The zero-order valence-corrected chi connectivity index (χ0v) is 14.3. The van der Waals surface area contributed by atoms with E-state index in [9.17, 15) is 4.79 Å². The van der Waals surface area contributed by atoms with Crippen molar-refractivity contribution < 1.29 is 9.53 Å². The molecule has 3 N–H and O–H groups in total. The van der Waals surface area contributed by atoms with Gasteiger partial charge in [0, 0.05) is 23.7 Å². The topological polar surface area (TPSA) is 77.2 Å². The Morgan fingerprint density at radius 1 is 1.39 bits per heavy atom. The van der Waals surface area contributed by atoms with E-state index in [2.05, 4.69) is 10.3 Å². The molecule has 1 heterocycles. The van der Waals surface area contributed by atoms with Crippen LogP contribution >= 0.6 is 23.7 Å². The van der Waals surface area contributed by atoms with Crippen LogP contribution in [0.1, 0.15) is 41.2 Å². The highest BCUT2D eigenvalue weighted by Gasteiger charge is 2.17. The maximum absolute atomic E-state index is 12.2. The first-order valence-corrected chi connectivity index (χ1v) is 8.35. The van der Waals surface area contributed by atoms with Gasteiger partial charge in [-0.15, -0.1) is 23.7 Å². The molecule has 0 radical (unpaired) electrons. The summed E-state index contributed by atoms with van der Waals surface area (Å²) < 4.78 is 5.94. The molecule has 5 nitrogen and oxygen atoms in total. The maximum Gasteiger partial charge on any atom is 0.275 e. The van der Waals surface area contributed by atoms with Gasteiger partial charge in [0.25, 0.3) is 5.91 Å². The molecule has 124 valence electrons. The lowest BCUT2D eigenvalue weighted by atomic mass is 10.2. The van der Waals surface area contributed by atoms with Crippen LogP contribution in [0, 0.1) is 0 Å². The monoisotopic (exact) mass is 353 g/mol. The van der Waals surface area contributed by atoms with Crippen LogP contribution in [0.4, 0.5) is 5.69 Å². The molecule has 1 fully saturated rings. The summed E-state index contributed by atoms with van der Waals surface area (Å²) >= 11 is 1.39. The van der Waals surface area contributed by atoms with Crippen LogP contribution in [-0.2, 0) is 6.54 Å². The van der Waals surface area contributed by atoms with Crippen molar-refractivity contribution in [3.63, 3.8) is 0 Å². The number of nitrogens with two attached hydrogens (primary N) is 1. The minimum atomic E-state index is -0.228. The van der Waals surface area contributed by atoms with E-state index >= 15 is 0 Å². The average molecular weight is 354 g/mol. The summed E-state index contributed by atoms with van der Waals surface area (Å²) in [6.45, 7) is 0.350. The number of carbonyl (C=O) groups is 1. The highest BCUT2D eigenvalue weighted by Crippen LogP contribution is 2.26. The lowest BCUT2D eigenvalue weighted by Crippen LogP contribution is -2.14. The molecule has 23 heavy (non-hydrogen) atoms. The molecule has 0 aliphatic heterocycles. The van der Waals surface area contributed by atoms with E-state index in [4.69, 9.17) is 10.5 Å². The van der Waals surface area contributed by atoms with Crippen LogP contribution in [-0.4, -0.2) is 17.0 Å². The van der Waals surface area contributed by atoms with Crippen molar-refractivity contribution >= 4 is 35.3 Å². The third-order valence-electron chi connectivity index (χ3n) is 3.66. The summed E-state index contributed by atoms with van der Waals surface area (Å²) in [5, 5.41) is 5.32. The molecule has 2 aromatic rings. The Labute approximate surface area is 145 Å². The molecule has 0 saturated heterocycles. The van der Waals surface area contributed by atoms with Crippen LogP contribution in [0.3, 0.4) is 0 Å². The normalized spacial score (nSPS) is 14.3. The van der Waals surface area contributed by atoms with Crippen LogP contribution in [0.15, 0.2) is 29.6 Å². The number of aromatic nitrogens is 1. The maximum atomic E-state index is 12.2. The Morgan fingerprint density at radius 2 is 2.17 bits per heavy atom. The zero-order chi connectivity index (χ0) is 15.4. The number of hydrogen-bond donors (Lipinski definition) is 2. The molecule has 1 amide bonds. The van der Waals surface area contributed by atoms with Crippen LogP contribution in [0.2, 0.25) is 0 Å². The van der Waals surface area contributed by atoms with Crippen LogP contribution in [0.5, 0.6) is 5.75 Å². The fourth-order valence-corrected chi connectivity index (χ4v) is 3.20. The molecule has 1 aromatic heterocycles. The first-order chi connectivity index (χ1) is 10.7. The molecule has 0 atom stereocenters. The second-order valence-electron chi connectivity index (χ2n) is 5.34. The van der Waals surface area contributed by atoms with E-state index in [0.29, 0.717) is 24.0 Å². The Balaban J connectivity index is 0.00000192. The van der Waals surface area contributed by atoms with Gasteiger partial charge in [-0.1, -0.05) is 6.07 Å². The quantitative estimate of drug-likeness (QED) is 0.861. The highest BCUT2D eigenvalue weighted by molar-refractivity contribution is 7.09.